The van der Waals surface area contributed by atoms with Crippen LogP contribution in [0, 0.1) is 11.7 Å². The van der Waals surface area contributed by atoms with Crippen LogP contribution in [0.2, 0.25) is 0 Å². The van der Waals surface area contributed by atoms with Crippen LogP contribution in [-0.4, -0.2) is 36.7 Å². The quantitative estimate of drug-likeness (QED) is 0.369. The molecule has 0 radical (unpaired) electrons. The van der Waals surface area contributed by atoms with Crippen LogP contribution in [0.1, 0.15) is 57.4 Å². The third-order valence-electron chi connectivity index (χ3n) is 6.21. The third kappa shape index (κ3) is 7.98. The van der Waals surface area contributed by atoms with E-state index in [1.165, 1.54) is 12.3 Å². The van der Waals surface area contributed by atoms with Crippen molar-refractivity contribution in [2.45, 2.75) is 64.0 Å². The van der Waals surface area contributed by atoms with Crippen molar-refractivity contribution in [2.75, 3.05) is 19.7 Å². The first-order valence-electron chi connectivity index (χ1n) is 11.6. The maximum atomic E-state index is 13.5. The molecule has 1 saturated heterocycles. The average Bonchev–Trinajstić information content (AvgIpc) is 2.83. The van der Waals surface area contributed by atoms with Gasteiger partial charge in [0.25, 0.3) is 0 Å². The number of nitrogens with one attached hydrogen (secondary N) is 1. The second-order valence-electron chi connectivity index (χ2n) is 8.13. The zero-order valence-corrected chi connectivity index (χ0v) is 20.0. The molecule has 32 heavy (non-hydrogen) atoms. The van der Waals surface area contributed by atoms with Crippen LogP contribution in [-0.2, 0) is 4.74 Å². The van der Waals surface area contributed by atoms with Gasteiger partial charge in [-0.15, -0.1) is 3.89 Å². The zero-order chi connectivity index (χ0) is 23.3. The zero-order valence-electron chi connectivity index (χ0n) is 19.2. The van der Waals surface area contributed by atoms with Crippen LogP contribution in [0.3, 0.4) is 0 Å². The maximum absolute atomic E-state index is 13.5. The average molecular weight is 469 g/mol. The molecule has 1 saturated carbocycles. The minimum atomic E-state index is -0.174. The van der Waals surface area contributed by atoms with Gasteiger partial charge in [0, 0.05) is 25.0 Å². The highest BCUT2D eigenvalue weighted by Crippen LogP contribution is 2.34. The van der Waals surface area contributed by atoms with Gasteiger partial charge in [0.05, 0.1) is 18.5 Å². The lowest BCUT2D eigenvalue weighted by Crippen LogP contribution is -2.50. The van der Waals surface area contributed by atoms with E-state index in [-0.39, 0.29) is 36.2 Å². The Morgan fingerprint density at radius 3 is 2.66 bits per heavy atom. The van der Waals surface area contributed by atoms with Crippen molar-refractivity contribution >= 4 is 12.3 Å². The van der Waals surface area contributed by atoms with Gasteiger partial charge in [-0.2, -0.15) is 0 Å². The molecular weight excluding hydrogens is 430 g/mol. The minimum Gasteiger partial charge on any atom is -0.405 e. The number of likely N-dealkylation sites (tertiary alicyclic amines) is 1. The first-order chi connectivity index (χ1) is 15.6. The van der Waals surface area contributed by atoms with E-state index >= 15 is 0 Å². The molecule has 2 aliphatic rings. The van der Waals surface area contributed by atoms with Crippen molar-refractivity contribution in [3.05, 3.63) is 59.8 Å². The van der Waals surface area contributed by atoms with Gasteiger partial charge in [-0.3, -0.25) is 0 Å². The first kappa shape index (κ1) is 26.5. The molecule has 3 rings (SSSR count). The summed E-state index contributed by atoms with van der Waals surface area (Å²) in [5, 5.41) is 0. The molecule has 180 valence electrons. The summed E-state index contributed by atoms with van der Waals surface area (Å²) in [5.74, 6) is 1.01. The molecule has 1 aromatic rings. The summed E-state index contributed by atoms with van der Waals surface area (Å²) in [6.07, 6.45) is 9.82. The molecule has 1 aliphatic carbocycles. The second kappa shape index (κ2) is 14.4. The minimum absolute atomic E-state index is 0.0396. The highest BCUT2D eigenvalue weighted by molar-refractivity contribution is 7.92. The summed E-state index contributed by atoms with van der Waals surface area (Å²) in [6, 6.07) is 6.96. The Morgan fingerprint density at radius 2 is 2.00 bits per heavy atom. The highest BCUT2D eigenvalue weighted by atomic mass is 32.2. The van der Waals surface area contributed by atoms with E-state index in [0.717, 1.165) is 44.2 Å². The van der Waals surface area contributed by atoms with Crippen LogP contribution in [0.4, 0.5) is 8.28 Å². The lowest BCUT2D eigenvalue weighted by atomic mass is 9.82. The predicted octanol–water partition coefficient (Wildman–Crippen LogP) is 4.98. The van der Waals surface area contributed by atoms with Crippen LogP contribution in [0.25, 0.3) is 0 Å². The van der Waals surface area contributed by atoms with Crippen molar-refractivity contribution in [1.29, 1.82) is 0 Å². The van der Waals surface area contributed by atoms with E-state index in [2.05, 4.69) is 9.62 Å². The molecule has 5 N–H and O–H groups in total. The number of hydrogen-bond acceptors (Lipinski definition) is 6. The molecule has 0 amide bonds. The van der Waals surface area contributed by atoms with Crippen LogP contribution in [0.15, 0.2) is 48.4 Å². The topological polar surface area (TPSA) is 76.5 Å². The SMILES string of the molecule is CC.N/C=C\C=C(/N)N1CCC(NSF)C(COC2CCC(c3cccc(F)c3)CC2)C1. The third-order valence-corrected chi connectivity index (χ3v) is 6.61. The van der Waals surface area contributed by atoms with Crippen LogP contribution >= 0.6 is 12.3 Å². The lowest BCUT2D eigenvalue weighted by molar-refractivity contribution is -0.0135. The summed E-state index contributed by atoms with van der Waals surface area (Å²) in [6.45, 7) is 6.02. The van der Waals surface area contributed by atoms with Gasteiger partial charge in [-0.1, -0.05) is 26.0 Å². The van der Waals surface area contributed by atoms with Crippen LogP contribution in [0.5, 0.6) is 0 Å². The summed E-state index contributed by atoms with van der Waals surface area (Å²) in [5.41, 5.74) is 12.6. The van der Waals surface area contributed by atoms with Gasteiger partial charge in [0.2, 0.25) is 0 Å². The monoisotopic (exact) mass is 468 g/mol. The van der Waals surface area contributed by atoms with Crippen molar-refractivity contribution in [3.8, 4) is 0 Å². The summed E-state index contributed by atoms with van der Waals surface area (Å²) in [4.78, 5) is 2.09. The fourth-order valence-electron chi connectivity index (χ4n) is 4.49. The van der Waals surface area contributed by atoms with Gasteiger partial charge in [-0.25, -0.2) is 9.11 Å². The number of nitrogens with two attached hydrogens (primary N) is 2. The molecule has 1 aromatic carbocycles. The highest BCUT2D eigenvalue weighted by Gasteiger charge is 2.31. The Kier molecular flexibility index (Phi) is 11.9. The Bertz CT molecular complexity index is 726. The Morgan fingerprint density at radius 1 is 1.25 bits per heavy atom. The molecule has 0 bridgehead atoms. The number of rotatable bonds is 8. The smallest absolute Gasteiger partial charge is 0.131 e. The molecule has 1 heterocycles. The Balaban J connectivity index is 0.00000176. The van der Waals surface area contributed by atoms with E-state index in [9.17, 15) is 8.28 Å². The molecular formula is C24H38F2N4OS. The van der Waals surface area contributed by atoms with Gasteiger partial charge in [-0.05, 0) is 74.1 Å². The largest absolute Gasteiger partial charge is 0.405 e. The van der Waals surface area contributed by atoms with Crippen LogP contribution < -0.4 is 16.2 Å². The van der Waals surface area contributed by atoms with Crippen molar-refractivity contribution in [2.24, 2.45) is 17.4 Å². The molecule has 2 atom stereocenters. The second-order valence-corrected chi connectivity index (χ2v) is 8.52. The number of nitrogens with zero attached hydrogens (tertiary/aromatic N) is 1. The van der Waals surface area contributed by atoms with Crippen molar-refractivity contribution in [3.63, 3.8) is 0 Å². The number of hydrogen-bond donors (Lipinski definition) is 3. The molecule has 5 nitrogen and oxygen atoms in total. The number of allylic oxidation sites excluding steroid dienone is 2. The van der Waals surface area contributed by atoms with E-state index in [4.69, 9.17) is 16.2 Å². The number of ether oxygens (including phenoxy) is 1. The fourth-order valence-corrected chi connectivity index (χ4v) is 4.92. The summed E-state index contributed by atoms with van der Waals surface area (Å²) < 4.78 is 35.5. The lowest BCUT2D eigenvalue weighted by Gasteiger charge is -2.40. The Labute approximate surface area is 196 Å². The summed E-state index contributed by atoms with van der Waals surface area (Å²) in [7, 11) is 0. The fraction of sp³-hybridized carbons (Fsp3) is 0.583. The predicted molar refractivity (Wildman–Crippen MR) is 130 cm³/mol. The molecule has 0 spiro atoms. The van der Waals surface area contributed by atoms with Gasteiger partial charge in [0.1, 0.15) is 18.2 Å². The molecule has 2 unspecified atom stereocenters. The molecule has 1 aliphatic heterocycles. The number of benzene rings is 1. The van der Waals surface area contributed by atoms with Gasteiger partial charge in [0.15, 0.2) is 0 Å². The molecule has 0 aromatic heterocycles. The van der Waals surface area contributed by atoms with Gasteiger partial charge >= 0.3 is 0 Å². The summed E-state index contributed by atoms with van der Waals surface area (Å²) >= 11 is 0.168. The van der Waals surface area contributed by atoms with Gasteiger partial charge < -0.3 is 21.1 Å². The molecule has 2 fully saturated rings. The first-order valence-corrected chi connectivity index (χ1v) is 12.3. The van der Waals surface area contributed by atoms with E-state index < -0.39 is 0 Å². The number of halogens is 2. The number of piperidine rings is 1. The normalized spacial score (nSPS) is 26.6. The maximum Gasteiger partial charge on any atom is 0.131 e. The van der Waals surface area contributed by atoms with Crippen molar-refractivity contribution in [1.82, 2.24) is 9.62 Å². The molecule has 8 heteroatoms. The Hall–Kier alpha value is -1.77. The van der Waals surface area contributed by atoms with E-state index in [1.807, 2.05) is 19.9 Å². The standard InChI is InChI=1S/C22H32F2N4OS.C2H6/c23-19-4-1-3-17(13-19)16-6-8-20(9-7-16)29-15-18-14-28(22(26)5-2-11-25)12-10-21(18)27-30-24;1-2/h1-5,11,13,16,18,20-21,27H,6-10,12,14-15,25-26H2;1-2H3/b11-2-,22-5+;. The van der Waals surface area contributed by atoms with E-state index in [0.29, 0.717) is 24.9 Å². The van der Waals surface area contributed by atoms with Crippen molar-refractivity contribution < 1.29 is 13.0 Å². The van der Waals surface area contributed by atoms with E-state index in [1.54, 1.807) is 24.3 Å².